The van der Waals surface area contributed by atoms with E-state index in [2.05, 4.69) is 15.0 Å². The van der Waals surface area contributed by atoms with Crippen LogP contribution in [0.4, 0.5) is 10.1 Å². The zero-order chi connectivity index (χ0) is 20.7. The number of rotatable bonds is 5. The average Bonchev–Trinajstić information content (AvgIpc) is 2.96. The standard InChI is InChI=1S/C21H22FN3O3S/c22-17-8-5-16(6-9-17)7-14-21(26)24-18-10-12-19(13-11-18)29(27,28)25-20-4-2-1-3-15-23-20/h5-14H,1-4,15H2,(H,23,25)(H,24,26)/b14-7+. The molecule has 0 atom stereocenters. The molecule has 0 spiro atoms. The Morgan fingerprint density at radius 1 is 1.00 bits per heavy atom. The van der Waals surface area contributed by atoms with Crippen molar-refractivity contribution in [3.8, 4) is 0 Å². The fourth-order valence-electron chi connectivity index (χ4n) is 2.82. The van der Waals surface area contributed by atoms with Crippen molar-refractivity contribution in [3.05, 3.63) is 66.0 Å². The Morgan fingerprint density at radius 3 is 2.45 bits per heavy atom. The van der Waals surface area contributed by atoms with Crippen molar-refractivity contribution in [3.63, 3.8) is 0 Å². The molecule has 152 valence electrons. The number of anilines is 1. The van der Waals surface area contributed by atoms with Crippen molar-refractivity contribution in [1.82, 2.24) is 4.72 Å². The Labute approximate surface area is 169 Å². The number of carbonyl (C=O) groups excluding carboxylic acids is 1. The van der Waals surface area contributed by atoms with Gasteiger partial charge >= 0.3 is 0 Å². The van der Waals surface area contributed by atoms with Crippen molar-refractivity contribution >= 4 is 33.5 Å². The van der Waals surface area contributed by atoms with E-state index in [-0.39, 0.29) is 16.6 Å². The molecule has 6 nitrogen and oxygen atoms in total. The van der Waals surface area contributed by atoms with Gasteiger partial charge in [0.25, 0.3) is 10.0 Å². The first-order valence-electron chi connectivity index (χ1n) is 9.33. The maximum Gasteiger partial charge on any atom is 0.262 e. The van der Waals surface area contributed by atoms with Crippen molar-refractivity contribution in [2.75, 3.05) is 11.9 Å². The molecule has 0 bridgehead atoms. The Morgan fingerprint density at radius 2 is 1.72 bits per heavy atom. The quantitative estimate of drug-likeness (QED) is 0.730. The van der Waals surface area contributed by atoms with Gasteiger partial charge in [0.15, 0.2) is 0 Å². The van der Waals surface area contributed by atoms with E-state index in [1.165, 1.54) is 42.5 Å². The van der Waals surface area contributed by atoms with E-state index in [0.29, 0.717) is 30.1 Å². The van der Waals surface area contributed by atoms with Crippen molar-refractivity contribution in [2.45, 2.75) is 30.6 Å². The molecule has 1 heterocycles. The van der Waals surface area contributed by atoms with Gasteiger partial charge in [0, 0.05) is 24.7 Å². The second-order valence-electron chi connectivity index (χ2n) is 6.64. The smallest absolute Gasteiger partial charge is 0.262 e. The zero-order valence-corrected chi connectivity index (χ0v) is 16.6. The van der Waals surface area contributed by atoms with Gasteiger partial charge < -0.3 is 5.32 Å². The molecule has 0 aromatic heterocycles. The van der Waals surface area contributed by atoms with Crippen LogP contribution in [0.2, 0.25) is 0 Å². The van der Waals surface area contributed by atoms with E-state index < -0.39 is 10.0 Å². The Balaban J connectivity index is 1.61. The summed E-state index contributed by atoms with van der Waals surface area (Å²) in [5.74, 6) is -0.232. The maximum atomic E-state index is 12.9. The molecule has 1 amide bonds. The molecule has 0 radical (unpaired) electrons. The summed E-state index contributed by atoms with van der Waals surface area (Å²) < 4.78 is 40.5. The van der Waals surface area contributed by atoms with E-state index in [1.54, 1.807) is 18.2 Å². The van der Waals surface area contributed by atoms with Gasteiger partial charge in [0.1, 0.15) is 11.7 Å². The number of amidine groups is 1. The van der Waals surface area contributed by atoms with Crippen LogP contribution in [0.15, 0.2) is 64.5 Å². The average molecular weight is 415 g/mol. The van der Waals surface area contributed by atoms with Crippen LogP contribution in [-0.4, -0.2) is 26.7 Å². The summed E-state index contributed by atoms with van der Waals surface area (Å²) in [6, 6.07) is 11.6. The second-order valence-corrected chi connectivity index (χ2v) is 8.33. The molecule has 2 aromatic rings. The topological polar surface area (TPSA) is 87.6 Å². The number of amides is 1. The molecule has 2 N–H and O–H groups in total. The highest BCUT2D eigenvalue weighted by Crippen LogP contribution is 2.15. The van der Waals surface area contributed by atoms with E-state index >= 15 is 0 Å². The van der Waals surface area contributed by atoms with Gasteiger partial charge in [-0.15, -0.1) is 0 Å². The van der Waals surface area contributed by atoms with Crippen molar-refractivity contribution < 1.29 is 17.6 Å². The molecular weight excluding hydrogens is 393 g/mol. The van der Waals surface area contributed by atoms with Gasteiger partial charge in [0.05, 0.1) is 4.90 Å². The number of halogens is 1. The minimum Gasteiger partial charge on any atom is -0.323 e. The fourth-order valence-corrected chi connectivity index (χ4v) is 3.91. The number of sulfonamides is 1. The van der Waals surface area contributed by atoms with Gasteiger partial charge in [-0.05, 0) is 60.9 Å². The summed E-state index contributed by atoms with van der Waals surface area (Å²) in [6.45, 7) is 0.633. The SMILES string of the molecule is O=C(/C=C/c1ccc(F)cc1)Nc1ccc(S(=O)(=O)NC2=NCCCCC2)cc1. The van der Waals surface area contributed by atoms with E-state index in [4.69, 9.17) is 0 Å². The summed E-state index contributed by atoms with van der Waals surface area (Å²) in [5, 5.41) is 2.65. The molecule has 2 aromatic carbocycles. The third-order valence-electron chi connectivity index (χ3n) is 4.36. The minimum atomic E-state index is -3.71. The summed E-state index contributed by atoms with van der Waals surface area (Å²) >= 11 is 0. The molecule has 29 heavy (non-hydrogen) atoms. The molecule has 0 fully saturated rings. The molecule has 1 aliphatic rings. The fraction of sp³-hybridized carbons (Fsp3) is 0.238. The summed E-state index contributed by atoms with van der Waals surface area (Å²) in [6.07, 6.45) is 6.42. The maximum absolute atomic E-state index is 12.9. The predicted octanol–water partition coefficient (Wildman–Crippen LogP) is 3.73. The van der Waals surface area contributed by atoms with Crippen LogP contribution in [0, 0.1) is 5.82 Å². The highest BCUT2D eigenvalue weighted by Gasteiger charge is 2.17. The van der Waals surface area contributed by atoms with Gasteiger partial charge in [-0.25, -0.2) is 12.8 Å². The van der Waals surface area contributed by atoms with Crippen LogP contribution in [-0.2, 0) is 14.8 Å². The summed E-state index contributed by atoms with van der Waals surface area (Å²) in [7, 11) is -3.71. The second kappa shape index (κ2) is 9.47. The van der Waals surface area contributed by atoms with Crippen LogP contribution in [0.5, 0.6) is 0 Å². The molecule has 0 saturated carbocycles. The lowest BCUT2D eigenvalue weighted by molar-refractivity contribution is -0.111. The first-order chi connectivity index (χ1) is 13.9. The normalized spacial score (nSPS) is 14.9. The van der Waals surface area contributed by atoms with E-state index in [0.717, 1.165) is 19.3 Å². The number of nitrogens with one attached hydrogen (secondary N) is 2. The molecule has 8 heteroatoms. The number of carbonyl (C=O) groups is 1. The van der Waals surface area contributed by atoms with Crippen molar-refractivity contribution in [1.29, 1.82) is 0 Å². The third kappa shape index (κ3) is 6.25. The number of aliphatic imine (C=N–C) groups is 1. The summed E-state index contributed by atoms with van der Waals surface area (Å²) in [5.41, 5.74) is 1.15. The number of hydrogen-bond donors (Lipinski definition) is 2. The van der Waals surface area contributed by atoms with Crippen LogP contribution in [0.1, 0.15) is 31.2 Å². The van der Waals surface area contributed by atoms with Crippen LogP contribution < -0.4 is 10.0 Å². The molecule has 0 saturated heterocycles. The predicted molar refractivity (Wildman–Crippen MR) is 112 cm³/mol. The molecular formula is C21H22FN3O3S. The molecule has 0 aliphatic carbocycles. The van der Waals surface area contributed by atoms with Gasteiger partial charge in [-0.3, -0.25) is 14.5 Å². The first-order valence-corrected chi connectivity index (χ1v) is 10.8. The first kappa shape index (κ1) is 20.7. The van der Waals surface area contributed by atoms with Crippen LogP contribution >= 0.6 is 0 Å². The van der Waals surface area contributed by atoms with Crippen molar-refractivity contribution in [2.24, 2.45) is 4.99 Å². The lowest BCUT2D eigenvalue weighted by Crippen LogP contribution is -2.30. The van der Waals surface area contributed by atoms with Gasteiger partial charge in [-0.1, -0.05) is 18.6 Å². The van der Waals surface area contributed by atoms with Gasteiger partial charge in [-0.2, -0.15) is 0 Å². The van der Waals surface area contributed by atoms with Crippen LogP contribution in [0.25, 0.3) is 6.08 Å². The lowest BCUT2D eigenvalue weighted by atomic mass is 10.2. The summed E-state index contributed by atoms with van der Waals surface area (Å²) in [4.78, 5) is 16.4. The molecule has 0 unspecified atom stereocenters. The number of benzene rings is 2. The van der Waals surface area contributed by atoms with Gasteiger partial charge in [0.2, 0.25) is 5.91 Å². The molecule has 3 rings (SSSR count). The highest BCUT2D eigenvalue weighted by molar-refractivity contribution is 7.90. The monoisotopic (exact) mass is 415 g/mol. The largest absolute Gasteiger partial charge is 0.323 e. The minimum absolute atomic E-state index is 0.101. The Hall–Kier alpha value is -3.00. The zero-order valence-electron chi connectivity index (χ0n) is 15.8. The van der Waals surface area contributed by atoms with Crippen LogP contribution in [0.3, 0.4) is 0 Å². The Bertz CT molecular complexity index is 1010. The third-order valence-corrected chi connectivity index (χ3v) is 5.75. The van der Waals surface area contributed by atoms with E-state index in [9.17, 15) is 17.6 Å². The number of nitrogens with zero attached hydrogens (tertiary/aromatic N) is 1. The Kier molecular flexibility index (Phi) is 6.77. The lowest BCUT2D eigenvalue weighted by Gasteiger charge is -2.10. The number of hydrogen-bond acceptors (Lipinski definition) is 4. The highest BCUT2D eigenvalue weighted by atomic mass is 32.2. The molecule has 1 aliphatic heterocycles. The van der Waals surface area contributed by atoms with E-state index in [1.807, 2.05) is 0 Å².